The van der Waals surface area contributed by atoms with Crippen molar-refractivity contribution in [2.24, 2.45) is 0 Å². The average molecular weight is 618 g/mol. The van der Waals surface area contributed by atoms with E-state index in [1.807, 2.05) is 62.4 Å². The third-order valence-electron chi connectivity index (χ3n) is 3.37. The van der Waals surface area contributed by atoms with E-state index in [-0.39, 0.29) is 0 Å². The molecule has 7 heteroatoms. The summed E-state index contributed by atoms with van der Waals surface area (Å²) < 4.78 is 10.0. The van der Waals surface area contributed by atoms with Crippen LogP contribution in [0.3, 0.4) is 0 Å². The summed E-state index contributed by atoms with van der Waals surface area (Å²) in [6.45, 7) is 4.00. The fraction of sp³-hybridized carbons (Fsp3) is 0.364. The Morgan fingerprint density at radius 2 is 1.00 bits per heavy atom. The Labute approximate surface area is 191 Å². The molecule has 0 unspecified atom stereocenters. The van der Waals surface area contributed by atoms with E-state index in [1.54, 1.807) is 14.2 Å². The van der Waals surface area contributed by atoms with Crippen LogP contribution in [0.2, 0.25) is 0 Å². The molecule has 162 valence electrons. The predicted octanol–water partition coefficient (Wildman–Crippen LogP) is 6.71. The molecular formula is C22H28Cl2N2O2Pt. The molecule has 4 nitrogen and oxygen atoms in total. The number of hydrogen-bond acceptors (Lipinski definition) is 4. The molecule has 0 radical (unpaired) electrons. The number of methoxy groups -OCH3 is 2. The third kappa shape index (κ3) is 16.9. The van der Waals surface area contributed by atoms with Crippen molar-refractivity contribution in [1.29, 1.82) is 10.5 Å². The van der Waals surface area contributed by atoms with E-state index >= 15 is 0 Å². The molecule has 2 aromatic carbocycles. The summed E-state index contributed by atoms with van der Waals surface area (Å²) >= 11 is -0.472. The molecule has 2 aromatic rings. The maximum absolute atomic E-state index is 8.35. The topological polar surface area (TPSA) is 66.0 Å². The van der Waals surface area contributed by atoms with Crippen LogP contribution in [0.15, 0.2) is 48.5 Å². The normalized spacial score (nSPS) is 8.41. The third-order valence-corrected chi connectivity index (χ3v) is 3.37. The van der Waals surface area contributed by atoms with E-state index in [9.17, 15) is 0 Å². The van der Waals surface area contributed by atoms with Gasteiger partial charge in [-0.05, 0) is 48.2 Å². The number of benzene rings is 2. The van der Waals surface area contributed by atoms with Gasteiger partial charge in [-0.25, -0.2) is 0 Å². The summed E-state index contributed by atoms with van der Waals surface area (Å²) in [5.41, 5.74) is 2.36. The van der Waals surface area contributed by atoms with Crippen LogP contribution in [0.4, 0.5) is 0 Å². The first-order valence-corrected chi connectivity index (χ1v) is 14.6. The van der Waals surface area contributed by atoms with Crippen molar-refractivity contribution in [3.8, 4) is 23.6 Å². The fourth-order valence-corrected chi connectivity index (χ4v) is 1.98. The van der Waals surface area contributed by atoms with Crippen molar-refractivity contribution in [2.75, 3.05) is 14.2 Å². The van der Waals surface area contributed by atoms with Gasteiger partial charge in [0.05, 0.1) is 26.4 Å². The molecule has 0 heterocycles. The first-order valence-electron chi connectivity index (χ1n) is 8.97. The molecule has 0 saturated carbocycles. The molecule has 0 spiro atoms. The molecular weight excluding hydrogens is 590 g/mol. The van der Waals surface area contributed by atoms with Crippen LogP contribution in [0.25, 0.3) is 0 Å². The maximum atomic E-state index is 8.35. The second-order valence-corrected chi connectivity index (χ2v) is 8.34. The van der Waals surface area contributed by atoms with E-state index in [1.165, 1.54) is 11.1 Å². The van der Waals surface area contributed by atoms with E-state index < -0.39 is 16.5 Å². The van der Waals surface area contributed by atoms with Gasteiger partial charge in [-0.1, -0.05) is 38.1 Å². The summed E-state index contributed by atoms with van der Waals surface area (Å²) in [4.78, 5) is 0. The predicted molar refractivity (Wildman–Crippen MR) is 117 cm³/mol. The molecule has 0 bridgehead atoms. The first-order chi connectivity index (χ1) is 14.1. The summed E-state index contributed by atoms with van der Waals surface area (Å²) in [5, 5.41) is 16.7. The van der Waals surface area contributed by atoms with Crippen LogP contribution in [0.5, 0.6) is 11.5 Å². The van der Waals surface area contributed by atoms with Crippen molar-refractivity contribution in [1.82, 2.24) is 0 Å². The van der Waals surface area contributed by atoms with Gasteiger partial charge in [-0.2, -0.15) is 10.5 Å². The zero-order valence-corrected chi connectivity index (χ0v) is 21.0. The SMILES string of the molecule is CC.COc1ccc(CCC#N)cc1.COc1ccc(CCC#N)cc1.[Cl][Pt][Cl]. The Balaban J connectivity index is 0. The van der Waals surface area contributed by atoms with Crippen LogP contribution in [0.1, 0.15) is 37.8 Å². The number of hydrogen-bond donors (Lipinski definition) is 0. The minimum atomic E-state index is -0.472. The Kier molecular flexibility index (Phi) is 23.0. The van der Waals surface area contributed by atoms with Crippen LogP contribution in [-0.4, -0.2) is 14.2 Å². The Morgan fingerprint density at radius 3 is 1.21 bits per heavy atom. The van der Waals surface area contributed by atoms with Crippen LogP contribution in [-0.2, 0) is 29.3 Å². The van der Waals surface area contributed by atoms with E-state index in [4.69, 9.17) is 38.8 Å². The van der Waals surface area contributed by atoms with Gasteiger partial charge in [0.25, 0.3) is 0 Å². The van der Waals surface area contributed by atoms with Gasteiger partial charge in [-0.3, -0.25) is 0 Å². The summed E-state index contributed by atoms with van der Waals surface area (Å²) in [7, 11) is 13.0. The molecule has 0 aliphatic rings. The van der Waals surface area contributed by atoms with Gasteiger partial charge < -0.3 is 9.47 Å². The number of ether oxygens (including phenoxy) is 2. The fourth-order valence-electron chi connectivity index (χ4n) is 1.98. The van der Waals surface area contributed by atoms with Crippen molar-refractivity contribution in [2.45, 2.75) is 39.5 Å². The van der Waals surface area contributed by atoms with Crippen LogP contribution >= 0.6 is 18.8 Å². The van der Waals surface area contributed by atoms with Gasteiger partial charge in [-0.15, -0.1) is 0 Å². The molecule has 0 aromatic heterocycles. The molecule has 0 atom stereocenters. The van der Waals surface area contributed by atoms with Crippen molar-refractivity contribution in [3.05, 3.63) is 59.7 Å². The van der Waals surface area contributed by atoms with Crippen molar-refractivity contribution < 1.29 is 26.0 Å². The van der Waals surface area contributed by atoms with E-state index in [2.05, 4.69) is 12.1 Å². The van der Waals surface area contributed by atoms with Gasteiger partial charge in [0.2, 0.25) is 0 Å². The second-order valence-electron chi connectivity index (χ2n) is 5.06. The zero-order valence-electron chi connectivity index (χ0n) is 17.2. The standard InChI is InChI=1S/2C10H11NO.C2H6.2ClH.Pt/c2*1-12-10-6-4-9(5-7-10)3-2-8-11;1-2;;;/h2*4-7H,2-3H2,1H3;1-2H3;2*1H;/q;;;;;+2/p-2. The van der Waals surface area contributed by atoms with Gasteiger partial charge in [0, 0.05) is 12.8 Å². The number of nitriles is 2. The molecule has 0 saturated heterocycles. The zero-order chi connectivity index (χ0) is 22.3. The summed E-state index contributed by atoms with van der Waals surface area (Å²) in [6.07, 6.45) is 2.79. The molecule has 0 amide bonds. The molecule has 2 rings (SSSR count). The first kappa shape index (κ1) is 29.5. The van der Waals surface area contributed by atoms with Crippen molar-refractivity contribution in [3.63, 3.8) is 0 Å². The number of rotatable bonds is 6. The average Bonchev–Trinajstić information content (AvgIpc) is 2.79. The monoisotopic (exact) mass is 617 g/mol. The van der Waals surface area contributed by atoms with Crippen molar-refractivity contribution >= 4 is 18.8 Å². The van der Waals surface area contributed by atoms with Gasteiger partial charge in [0.15, 0.2) is 0 Å². The van der Waals surface area contributed by atoms with E-state index in [0.29, 0.717) is 12.8 Å². The summed E-state index contributed by atoms with van der Waals surface area (Å²) in [6, 6.07) is 19.8. The van der Waals surface area contributed by atoms with Crippen LogP contribution < -0.4 is 9.47 Å². The van der Waals surface area contributed by atoms with Gasteiger partial charge in [0.1, 0.15) is 11.5 Å². The summed E-state index contributed by atoms with van der Waals surface area (Å²) in [5.74, 6) is 1.71. The van der Waals surface area contributed by atoms with E-state index in [0.717, 1.165) is 24.3 Å². The molecule has 0 fully saturated rings. The van der Waals surface area contributed by atoms with Crippen LogP contribution in [0, 0.1) is 22.7 Å². The molecule has 0 N–H and O–H groups in total. The van der Waals surface area contributed by atoms with Gasteiger partial charge >= 0.3 is 35.3 Å². The number of aryl methyl sites for hydroxylation is 2. The Hall–Kier alpha value is -1.71. The number of nitrogens with zero attached hydrogens (tertiary/aromatic N) is 2. The molecule has 29 heavy (non-hydrogen) atoms. The Bertz CT molecular complexity index is 635. The second kappa shape index (κ2) is 22.6. The quantitative estimate of drug-likeness (QED) is 0.361. The number of halogens is 2. The minimum absolute atomic E-state index is 0.472. The Morgan fingerprint density at radius 1 is 0.724 bits per heavy atom. The molecule has 0 aliphatic carbocycles. The molecule has 0 aliphatic heterocycles.